The van der Waals surface area contributed by atoms with Gasteiger partial charge in [0.2, 0.25) is 0 Å². The van der Waals surface area contributed by atoms with Crippen molar-refractivity contribution in [3.8, 4) is 11.5 Å². The number of rotatable bonds is 2. The van der Waals surface area contributed by atoms with Gasteiger partial charge in [-0.05, 0) is 36.8 Å². The Bertz CT molecular complexity index is 700. The molecule has 0 unspecified atom stereocenters. The maximum atomic E-state index is 13.2. The van der Waals surface area contributed by atoms with Gasteiger partial charge in [-0.15, -0.1) is 0 Å². The number of aryl methyl sites for hydroxylation is 1. The zero-order valence-corrected chi connectivity index (χ0v) is 11.5. The van der Waals surface area contributed by atoms with Crippen LogP contribution in [0.4, 0.5) is 10.1 Å². The Hall–Kier alpha value is -2.56. The van der Waals surface area contributed by atoms with E-state index in [0.29, 0.717) is 30.4 Å². The molecule has 3 rings (SSSR count). The van der Waals surface area contributed by atoms with E-state index in [1.165, 1.54) is 18.2 Å². The summed E-state index contributed by atoms with van der Waals surface area (Å²) < 4.78 is 24.1. The van der Waals surface area contributed by atoms with Gasteiger partial charge in [-0.3, -0.25) is 4.79 Å². The first-order chi connectivity index (χ1) is 10.1. The van der Waals surface area contributed by atoms with Crippen LogP contribution in [0.1, 0.15) is 15.9 Å². The second kappa shape index (κ2) is 5.44. The van der Waals surface area contributed by atoms with Crippen LogP contribution in [0, 0.1) is 12.7 Å². The molecular formula is C16H14FNO3. The van der Waals surface area contributed by atoms with Crippen molar-refractivity contribution < 1.29 is 18.7 Å². The Kier molecular flexibility index (Phi) is 3.48. The highest BCUT2D eigenvalue weighted by Crippen LogP contribution is 2.35. The molecule has 0 radical (unpaired) electrons. The molecule has 0 aliphatic carbocycles. The summed E-state index contributed by atoms with van der Waals surface area (Å²) in [4.78, 5) is 12.1. The molecule has 5 heteroatoms. The molecule has 2 aromatic rings. The molecule has 0 bridgehead atoms. The van der Waals surface area contributed by atoms with Crippen LogP contribution < -0.4 is 14.8 Å². The largest absolute Gasteiger partial charge is 0.486 e. The normalized spacial score (nSPS) is 12.9. The number of halogens is 1. The minimum Gasteiger partial charge on any atom is -0.486 e. The van der Waals surface area contributed by atoms with Crippen LogP contribution in [0.3, 0.4) is 0 Å². The first kappa shape index (κ1) is 13.4. The van der Waals surface area contributed by atoms with Gasteiger partial charge in [0.15, 0.2) is 11.5 Å². The molecular weight excluding hydrogens is 273 g/mol. The van der Waals surface area contributed by atoms with E-state index in [4.69, 9.17) is 9.47 Å². The molecule has 0 saturated carbocycles. The summed E-state index contributed by atoms with van der Waals surface area (Å²) >= 11 is 0. The highest BCUT2D eigenvalue weighted by atomic mass is 19.1. The van der Waals surface area contributed by atoms with Gasteiger partial charge in [-0.1, -0.05) is 6.07 Å². The van der Waals surface area contributed by atoms with Crippen molar-refractivity contribution >= 4 is 11.6 Å². The van der Waals surface area contributed by atoms with Gasteiger partial charge in [-0.2, -0.15) is 0 Å². The molecule has 21 heavy (non-hydrogen) atoms. The number of fused-ring (bicyclic) bond motifs is 1. The van der Waals surface area contributed by atoms with E-state index in [0.717, 1.165) is 5.56 Å². The Balaban J connectivity index is 1.86. The maximum Gasteiger partial charge on any atom is 0.255 e. The van der Waals surface area contributed by atoms with E-state index in [2.05, 4.69) is 5.32 Å². The summed E-state index contributed by atoms with van der Waals surface area (Å²) in [6, 6.07) is 9.10. The average Bonchev–Trinajstić information content (AvgIpc) is 2.48. The highest BCUT2D eigenvalue weighted by Gasteiger charge is 2.16. The fourth-order valence-electron chi connectivity index (χ4n) is 2.15. The zero-order valence-electron chi connectivity index (χ0n) is 11.5. The van der Waals surface area contributed by atoms with Gasteiger partial charge in [0, 0.05) is 17.3 Å². The van der Waals surface area contributed by atoms with Gasteiger partial charge >= 0.3 is 0 Å². The van der Waals surface area contributed by atoms with E-state index in [-0.39, 0.29) is 11.5 Å². The lowest BCUT2D eigenvalue weighted by atomic mass is 10.1. The fourth-order valence-corrected chi connectivity index (χ4v) is 2.15. The summed E-state index contributed by atoms with van der Waals surface area (Å²) in [5, 5.41) is 2.76. The predicted molar refractivity (Wildman–Crippen MR) is 76.5 cm³/mol. The van der Waals surface area contributed by atoms with Gasteiger partial charge < -0.3 is 14.8 Å². The second-order valence-corrected chi connectivity index (χ2v) is 4.78. The lowest BCUT2D eigenvalue weighted by Gasteiger charge is -2.20. The number of hydrogen-bond donors (Lipinski definition) is 1. The van der Waals surface area contributed by atoms with Crippen LogP contribution in [-0.4, -0.2) is 19.1 Å². The molecule has 0 spiro atoms. The third-order valence-electron chi connectivity index (χ3n) is 3.22. The first-order valence-corrected chi connectivity index (χ1v) is 6.60. The molecule has 1 N–H and O–H groups in total. The monoisotopic (exact) mass is 287 g/mol. The SMILES string of the molecule is Cc1cc2c(cc1NC(=O)c1cccc(F)c1)OCCO2. The summed E-state index contributed by atoms with van der Waals surface area (Å²) in [6.07, 6.45) is 0. The van der Waals surface area contributed by atoms with E-state index in [9.17, 15) is 9.18 Å². The molecule has 0 fully saturated rings. The molecule has 1 amide bonds. The smallest absolute Gasteiger partial charge is 0.255 e. The van der Waals surface area contributed by atoms with Crippen LogP contribution in [0.25, 0.3) is 0 Å². The third-order valence-corrected chi connectivity index (χ3v) is 3.22. The summed E-state index contributed by atoms with van der Waals surface area (Å²) in [7, 11) is 0. The average molecular weight is 287 g/mol. The summed E-state index contributed by atoms with van der Waals surface area (Å²) in [5.41, 5.74) is 1.74. The van der Waals surface area contributed by atoms with Gasteiger partial charge in [0.25, 0.3) is 5.91 Å². The number of anilines is 1. The van der Waals surface area contributed by atoms with E-state index >= 15 is 0 Å². The Morgan fingerprint density at radius 1 is 1.14 bits per heavy atom. The minimum atomic E-state index is -0.443. The number of carbonyl (C=O) groups excluding carboxylic acids is 1. The van der Waals surface area contributed by atoms with E-state index in [1.54, 1.807) is 12.1 Å². The number of ether oxygens (including phenoxy) is 2. The lowest BCUT2D eigenvalue weighted by molar-refractivity contribution is 0.102. The van der Waals surface area contributed by atoms with Crippen LogP contribution in [0.5, 0.6) is 11.5 Å². The standard InChI is InChI=1S/C16H14FNO3/c1-10-7-14-15(21-6-5-20-14)9-13(10)18-16(19)11-3-2-4-12(17)8-11/h2-4,7-9H,5-6H2,1H3,(H,18,19). The molecule has 0 aromatic heterocycles. The van der Waals surface area contributed by atoms with Crippen LogP contribution >= 0.6 is 0 Å². The fraction of sp³-hybridized carbons (Fsp3) is 0.188. The van der Waals surface area contributed by atoms with Crippen molar-refractivity contribution in [1.29, 1.82) is 0 Å². The van der Waals surface area contributed by atoms with Crippen molar-refractivity contribution in [3.63, 3.8) is 0 Å². The van der Waals surface area contributed by atoms with Crippen LogP contribution in [0.2, 0.25) is 0 Å². The lowest BCUT2D eigenvalue weighted by Crippen LogP contribution is -2.17. The number of carbonyl (C=O) groups is 1. The van der Waals surface area contributed by atoms with E-state index in [1.807, 2.05) is 13.0 Å². The molecule has 1 aliphatic heterocycles. The molecule has 2 aromatic carbocycles. The Labute approximate surface area is 121 Å². The second-order valence-electron chi connectivity index (χ2n) is 4.78. The molecule has 0 atom stereocenters. The first-order valence-electron chi connectivity index (χ1n) is 6.60. The molecule has 108 valence electrons. The van der Waals surface area contributed by atoms with Gasteiger partial charge in [0.05, 0.1) is 0 Å². The minimum absolute atomic E-state index is 0.268. The van der Waals surface area contributed by atoms with E-state index < -0.39 is 5.82 Å². The number of amides is 1. The predicted octanol–water partition coefficient (Wildman–Crippen LogP) is 3.16. The summed E-state index contributed by atoms with van der Waals surface area (Å²) in [6.45, 7) is 2.86. The van der Waals surface area contributed by atoms with Crippen molar-refractivity contribution in [2.75, 3.05) is 18.5 Å². The van der Waals surface area contributed by atoms with Gasteiger partial charge in [-0.25, -0.2) is 4.39 Å². The molecule has 4 nitrogen and oxygen atoms in total. The maximum absolute atomic E-state index is 13.2. The van der Waals surface area contributed by atoms with Crippen molar-refractivity contribution in [2.24, 2.45) is 0 Å². The Morgan fingerprint density at radius 2 is 1.86 bits per heavy atom. The van der Waals surface area contributed by atoms with Crippen molar-refractivity contribution in [1.82, 2.24) is 0 Å². The Morgan fingerprint density at radius 3 is 2.57 bits per heavy atom. The molecule has 1 heterocycles. The topological polar surface area (TPSA) is 47.6 Å². The van der Waals surface area contributed by atoms with Crippen molar-refractivity contribution in [2.45, 2.75) is 6.92 Å². The van der Waals surface area contributed by atoms with Crippen LogP contribution in [-0.2, 0) is 0 Å². The highest BCUT2D eigenvalue weighted by molar-refractivity contribution is 6.04. The quantitative estimate of drug-likeness (QED) is 0.923. The summed E-state index contributed by atoms with van der Waals surface area (Å²) in [5.74, 6) is 0.458. The number of nitrogens with one attached hydrogen (secondary N) is 1. The third kappa shape index (κ3) is 2.81. The van der Waals surface area contributed by atoms with Crippen LogP contribution in [0.15, 0.2) is 36.4 Å². The number of benzene rings is 2. The van der Waals surface area contributed by atoms with Crippen molar-refractivity contribution in [3.05, 3.63) is 53.3 Å². The molecule has 0 saturated heterocycles. The zero-order chi connectivity index (χ0) is 14.8. The number of hydrogen-bond acceptors (Lipinski definition) is 3. The van der Waals surface area contributed by atoms with Gasteiger partial charge in [0.1, 0.15) is 19.0 Å². The molecule has 1 aliphatic rings.